The Morgan fingerprint density at radius 2 is 1.72 bits per heavy atom. The van der Waals surface area contributed by atoms with Crippen molar-refractivity contribution in [1.82, 2.24) is 14.8 Å². The van der Waals surface area contributed by atoms with Gasteiger partial charge in [0, 0.05) is 24.0 Å². The second-order valence-corrected chi connectivity index (χ2v) is 7.86. The van der Waals surface area contributed by atoms with Crippen molar-refractivity contribution < 1.29 is 35.9 Å². The zero-order valence-electron chi connectivity index (χ0n) is 16.5. The number of nitrogens with zero attached hydrogens (tertiary/aromatic N) is 3. The molecule has 0 aliphatic carbocycles. The van der Waals surface area contributed by atoms with Gasteiger partial charge in [-0.3, -0.25) is 14.3 Å². The molecule has 0 aromatic carbocycles. The first kappa shape index (κ1) is 23.5. The molecule has 0 aliphatic rings. The molecule has 0 atom stereocenters. The molecule has 3 rings (SSSR count). The summed E-state index contributed by atoms with van der Waals surface area (Å²) in [5, 5.41) is 5.97. The van der Waals surface area contributed by atoms with Crippen molar-refractivity contribution in [3.8, 4) is 0 Å². The minimum absolute atomic E-state index is 0.0885. The van der Waals surface area contributed by atoms with Crippen LogP contribution in [0.4, 0.5) is 32.0 Å². The summed E-state index contributed by atoms with van der Waals surface area (Å²) in [4.78, 5) is 27.4. The first-order valence-corrected chi connectivity index (χ1v) is 9.72. The molecule has 14 heteroatoms. The lowest BCUT2D eigenvalue weighted by molar-refractivity contribution is -0.142. The van der Waals surface area contributed by atoms with Gasteiger partial charge in [-0.2, -0.15) is 31.4 Å². The van der Waals surface area contributed by atoms with Crippen LogP contribution in [-0.2, 0) is 23.7 Å². The monoisotopic (exact) mass is 479 g/mol. The number of fused-ring (bicyclic) bond motifs is 1. The van der Waals surface area contributed by atoms with Crippen molar-refractivity contribution in [2.45, 2.75) is 39.2 Å². The van der Waals surface area contributed by atoms with Crippen LogP contribution in [0.3, 0.4) is 0 Å². The van der Waals surface area contributed by atoms with Crippen LogP contribution in [0.1, 0.15) is 38.7 Å². The zero-order valence-corrected chi connectivity index (χ0v) is 17.3. The Bertz CT molecular complexity index is 1210. The van der Waals surface area contributed by atoms with Gasteiger partial charge in [-0.1, -0.05) is 0 Å². The number of primary amides is 1. The zero-order chi connectivity index (χ0) is 24.0. The molecule has 7 nitrogen and oxygen atoms in total. The Hall–Kier alpha value is -3.16. The molecule has 0 bridgehead atoms. The van der Waals surface area contributed by atoms with Crippen molar-refractivity contribution in [2.24, 2.45) is 5.73 Å². The number of amides is 2. The quantitative estimate of drug-likeness (QED) is 0.534. The van der Waals surface area contributed by atoms with E-state index in [4.69, 9.17) is 5.73 Å². The maximum Gasteiger partial charge on any atom is 0.435 e. The number of nitrogens with two attached hydrogens (primary N) is 1. The van der Waals surface area contributed by atoms with E-state index in [1.807, 2.05) is 0 Å². The lowest BCUT2D eigenvalue weighted by Gasteiger charge is -2.10. The molecular formula is C18H15F6N5O2S. The number of anilines is 1. The highest BCUT2D eigenvalue weighted by Crippen LogP contribution is 2.39. The Kier molecular flexibility index (Phi) is 5.93. The molecule has 2 amide bonds. The largest absolute Gasteiger partial charge is 0.435 e. The topological polar surface area (TPSA) is 103 Å². The Morgan fingerprint density at radius 3 is 2.25 bits per heavy atom. The molecule has 0 saturated carbocycles. The smallest absolute Gasteiger partial charge is 0.365 e. The van der Waals surface area contributed by atoms with Crippen LogP contribution in [0.2, 0.25) is 0 Å². The molecule has 32 heavy (non-hydrogen) atoms. The average molecular weight is 479 g/mol. The van der Waals surface area contributed by atoms with Crippen LogP contribution in [0.5, 0.6) is 0 Å². The van der Waals surface area contributed by atoms with E-state index in [0.29, 0.717) is 11.3 Å². The van der Waals surface area contributed by atoms with Crippen molar-refractivity contribution in [1.29, 1.82) is 0 Å². The molecule has 0 fully saturated rings. The SMILES string of the molecule is Cc1cc(C(F)(F)F)nc2sc(C(N)=O)c(NC(=O)CCn3nc(C(F)(F)F)cc3C)c12. The Balaban J connectivity index is 1.88. The number of alkyl halides is 6. The summed E-state index contributed by atoms with van der Waals surface area (Å²) in [7, 11) is 0. The number of hydrogen-bond donors (Lipinski definition) is 2. The molecule has 172 valence electrons. The third-order valence-corrected chi connectivity index (χ3v) is 5.56. The molecule has 3 aromatic heterocycles. The normalized spacial score (nSPS) is 12.4. The van der Waals surface area contributed by atoms with E-state index in [1.165, 1.54) is 13.8 Å². The van der Waals surface area contributed by atoms with Gasteiger partial charge in [0.2, 0.25) is 5.91 Å². The van der Waals surface area contributed by atoms with E-state index >= 15 is 0 Å². The number of halogens is 6. The average Bonchev–Trinajstić information content (AvgIpc) is 3.20. The summed E-state index contributed by atoms with van der Waals surface area (Å²) in [6, 6.07) is 1.62. The molecular weight excluding hydrogens is 464 g/mol. The van der Waals surface area contributed by atoms with Crippen LogP contribution in [0.15, 0.2) is 12.1 Å². The van der Waals surface area contributed by atoms with Crippen molar-refractivity contribution in [3.05, 3.63) is 39.7 Å². The molecule has 0 saturated heterocycles. The fourth-order valence-corrected chi connectivity index (χ4v) is 4.06. The number of nitrogens with one attached hydrogen (secondary N) is 1. The minimum Gasteiger partial charge on any atom is -0.365 e. The van der Waals surface area contributed by atoms with Gasteiger partial charge < -0.3 is 11.1 Å². The van der Waals surface area contributed by atoms with Crippen LogP contribution in [-0.4, -0.2) is 26.6 Å². The maximum absolute atomic E-state index is 13.0. The van der Waals surface area contributed by atoms with E-state index in [-0.39, 0.29) is 45.0 Å². The molecule has 3 aromatic rings. The first-order valence-electron chi connectivity index (χ1n) is 8.91. The molecule has 0 spiro atoms. The van der Waals surface area contributed by atoms with Crippen LogP contribution in [0, 0.1) is 13.8 Å². The van der Waals surface area contributed by atoms with Gasteiger partial charge >= 0.3 is 12.4 Å². The summed E-state index contributed by atoms with van der Waals surface area (Å²) in [5.41, 5.74) is 3.25. The van der Waals surface area contributed by atoms with E-state index < -0.39 is 35.6 Å². The van der Waals surface area contributed by atoms with Crippen molar-refractivity contribution >= 4 is 39.1 Å². The number of aromatic nitrogens is 3. The van der Waals surface area contributed by atoms with Gasteiger partial charge in [0.25, 0.3) is 5.91 Å². The van der Waals surface area contributed by atoms with E-state index in [2.05, 4.69) is 15.4 Å². The van der Waals surface area contributed by atoms with Crippen LogP contribution >= 0.6 is 11.3 Å². The lowest BCUT2D eigenvalue weighted by atomic mass is 10.1. The van der Waals surface area contributed by atoms with Gasteiger partial charge in [-0.25, -0.2) is 4.98 Å². The lowest BCUT2D eigenvalue weighted by Crippen LogP contribution is -2.19. The number of thiophene rings is 1. The number of carbonyl (C=O) groups is 2. The van der Waals surface area contributed by atoms with Gasteiger partial charge in [0.15, 0.2) is 5.69 Å². The molecule has 0 aliphatic heterocycles. The second-order valence-electron chi connectivity index (χ2n) is 6.86. The van der Waals surface area contributed by atoms with E-state index in [9.17, 15) is 35.9 Å². The second kappa shape index (κ2) is 8.07. The molecule has 0 radical (unpaired) electrons. The Labute approximate surface area is 180 Å². The molecule has 3 heterocycles. The minimum atomic E-state index is -4.71. The van der Waals surface area contributed by atoms with Gasteiger partial charge in [0.05, 0.1) is 5.69 Å². The third kappa shape index (κ3) is 4.69. The highest BCUT2D eigenvalue weighted by atomic mass is 32.1. The first-order chi connectivity index (χ1) is 14.7. The maximum atomic E-state index is 13.0. The van der Waals surface area contributed by atoms with Gasteiger partial charge in [-0.05, 0) is 31.5 Å². The third-order valence-electron chi connectivity index (χ3n) is 4.46. The summed E-state index contributed by atoms with van der Waals surface area (Å²) in [5.74, 6) is -1.68. The van der Waals surface area contributed by atoms with Gasteiger partial charge in [0.1, 0.15) is 15.4 Å². The van der Waals surface area contributed by atoms with E-state index in [0.717, 1.165) is 16.8 Å². The standard InChI is InChI=1S/C18H15F6N5O2S/c1-7-5-9(17(19,20)21)26-16-12(7)13(14(32-16)15(25)31)27-11(30)3-4-29-8(2)6-10(28-29)18(22,23)24/h5-6H,3-4H2,1-2H3,(H2,25,31)(H,27,30). The summed E-state index contributed by atoms with van der Waals surface area (Å²) in [6.07, 6.45) is -9.66. The summed E-state index contributed by atoms with van der Waals surface area (Å²) in [6.45, 7) is 2.56. The van der Waals surface area contributed by atoms with Gasteiger partial charge in [-0.15, -0.1) is 11.3 Å². The summed E-state index contributed by atoms with van der Waals surface area (Å²) >= 11 is 0.598. The highest BCUT2D eigenvalue weighted by Gasteiger charge is 2.35. The fraction of sp³-hybridized carbons (Fsp3) is 0.333. The molecule has 3 N–H and O–H groups in total. The van der Waals surface area contributed by atoms with Crippen LogP contribution < -0.4 is 11.1 Å². The number of carbonyl (C=O) groups excluding carboxylic acids is 2. The van der Waals surface area contributed by atoms with E-state index in [1.54, 1.807) is 0 Å². The molecule has 0 unspecified atom stereocenters. The fourth-order valence-electron chi connectivity index (χ4n) is 3.01. The summed E-state index contributed by atoms with van der Waals surface area (Å²) < 4.78 is 78.4. The van der Waals surface area contributed by atoms with Crippen molar-refractivity contribution in [2.75, 3.05) is 5.32 Å². The van der Waals surface area contributed by atoms with Crippen molar-refractivity contribution in [3.63, 3.8) is 0 Å². The number of rotatable bonds is 5. The predicted molar refractivity (Wildman–Crippen MR) is 103 cm³/mol. The highest BCUT2D eigenvalue weighted by molar-refractivity contribution is 7.21. The number of pyridine rings is 1. The predicted octanol–water partition coefficient (Wildman–Crippen LogP) is 4.27. The number of hydrogen-bond acceptors (Lipinski definition) is 5. The van der Waals surface area contributed by atoms with Crippen LogP contribution in [0.25, 0.3) is 10.2 Å². The number of aryl methyl sites for hydroxylation is 3. The Morgan fingerprint density at radius 1 is 1.09 bits per heavy atom.